The van der Waals surface area contributed by atoms with Crippen LogP contribution >= 0.6 is 11.6 Å². The molecule has 0 unspecified atom stereocenters. The minimum Gasteiger partial charge on any atom is -0.334 e. The van der Waals surface area contributed by atoms with E-state index in [1.54, 1.807) is 4.90 Å². The van der Waals surface area contributed by atoms with E-state index in [-0.39, 0.29) is 6.03 Å². The minimum atomic E-state index is -0.0603. The molecule has 0 spiro atoms. The second-order valence-electron chi connectivity index (χ2n) is 4.82. The van der Waals surface area contributed by atoms with Crippen LogP contribution in [0.2, 0.25) is 5.02 Å². The molecule has 0 atom stereocenters. The number of hydrogen-bond acceptors (Lipinski definition) is 1. The maximum atomic E-state index is 12.2. The van der Waals surface area contributed by atoms with Crippen molar-refractivity contribution in [1.82, 2.24) is 5.32 Å². The lowest BCUT2D eigenvalue weighted by atomic mass is 10.2. The molecule has 0 fully saturated rings. The Morgan fingerprint density at radius 2 is 2.00 bits per heavy atom. The zero-order valence-corrected chi connectivity index (χ0v) is 11.7. The molecule has 0 radical (unpaired) electrons. The molecule has 0 aromatic heterocycles. The minimum absolute atomic E-state index is 0.0603. The molecule has 1 aliphatic heterocycles. The van der Waals surface area contributed by atoms with Gasteiger partial charge in [-0.1, -0.05) is 41.9 Å². The Kier molecular flexibility index (Phi) is 3.61. The number of carbonyl (C=O) groups is 1. The first kappa shape index (κ1) is 13.0. The quantitative estimate of drug-likeness (QED) is 0.899. The number of nitrogens with zero attached hydrogens (tertiary/aromatic N) is 1. The average molecular weight is 287 g/mol. The highest BCUT2D eigenvalue weighted by molar-refractivity contribution is 6.30. The van der Waals surface area contributed by atoms with Gasteiger partial charge in [0, 0.05) is 23.8 Å². The van der Waals surface area contributed by atoms with E-state index in [1.165, 1.54) is 0 Å². The van der Waals surface area contributed by atoms with Crippen LogP contribution in [0, 0.1) is 0 Å². The fourth-order valence-corrected chi connectivity index (χ4v) is 2.64. The van der Waals surface area contributed by atoms with Gasteiger partial charge in [-0.05, 0) is 35.7 Å². The fourth-order valence-electron chi connectivity index (χ4n) is 2.45. The Balaban J connectivity index is 1.68. The summed E-state index contributed by atoms with van der Waals surface area (Å²) in [5, 5.41) is 3.67. The summed E-state index contributed by atoms with van der Waals surface area (Å²) in [7, 11) is 0. The zero-order chi connectivity index (χ0) is 13.9. The van der Waals surface area contributed by atoms with E-state index in [0.29, 0.717) is 13.1 Å². The largest absolute Gasteiger partial charge is 0.334 e. The molecular weight excluding hydrogens is 272 g/mol. The van der Waals surface area contributed by atoms with Gasteiger partial charge in [-0.3, -0.25) is 4.90 Å². The molecular formula is C16H15ClN2O. The van der Waals surface area contributed by atoms with E-state index in [1.807, 2.05) is 48.5 Å². The van der Waals surface area contributed by atoms with Gasteiger partial charge in [-0.25, -0.2) is 4.79 Å². The molecule has 2 aromatic carbocycles. The molecule has 2 aromatic rings. The number of anilines is 1. The van der Waals surface area contributed by atoms with Crippen LogP contribution in [0.3, 0.4) is 0 Å². The van der Waals surface area contributed by atoms with Crippen LogP contribution in [0.25, 0.3) is 0 Å². The number of rotatable bonds is 2. The summed E-state index contributed by atoms with van der Waals surface area (Å²) >= 11 is 5.97. The third-order valence-corrected chi connectivity index (χ3v) is 3.70. The van der Waals surface area contributed by atoms with Crippen molar-refractivity contribution in [2.24, 2.45) is 0 Å². The smallest absolute Gasteiger partial charge is 0.322 e. The molecule has 4 heteroatoms. The molecule has 3 rings (SSSR count). The number of halogens is 1. The maximum absolute atomic E-state index is 12.2. The maximum Gasteiger partial charge on any atom is 0.322 e. The van der Waals surface area contributed by atoms with Crippen LogP contribution in [0.1, 0.15) is 11.1 Å². The number of hydrogen-bond donors (Lipinski definition) is 1. The molecule has 0 saturated carbocycles. The summed E-state index contributed by atoms with van der Waals surface area (Å²) in [4.78, 5) is 14.0. The van der Waals surface area contributed by atoms with Crippen molar-refractivity contribution in [3.05, 3.63) is 64.7 Å². The Morgan fingerprint density at radius 3 is 2.80 bits per heavy atom. The van der Waals surface area contributed by atoms with Gasteiger partial charge in [0.1, 0.15) is 0 Å². The van der Waals surface area contributed by atoms with Gasteiger partial charge in [-0.15, -0.1) is 0 Å². The molecule has 0 aliphatic carbocycles. The Morgan fingerprint density at radius 1 is 1.20 bits per heavy atom. The standard InChI is InChI=1S/C16H15ClN2O/c17-14-6-7-15-13(10-14)8-9-19(15)16(20)18-11-12-4-2-1-3-5-12/h1-7,10H,8-9,11H2,(H,18,20). The van der Waals surface area contributed by atoms with E-state index >= 15 is 0 Å². The summed E-state index contributed by atoms with van der Waals surface area (Å²) in [5.41, 5.74) is 3.18. The number of fused-ring (bicyclic) bond motifs is 1. The van der Waals surface area contributed by atoms with Crippen molar-refractivity contribution in [3.63, 3.8) is 0 Å². The summed E-state index contributed by atoms with van der Waals surface area (Å²) in [6.07, 6.45) is 0.856. The molecule has 1 heterocycles. The van der Waals surface area contributed by atoms with E-state index in [2.05, 4.69) is 5.32 Å². The monoisotopic (exact) mass is 286 g/mol. The number of nitrogens with one attached hydrogen (secondary N) is 1. The highest BCUT2D eigenvalue weighted by atomic mass is 35.5. The predicted octanol–water partition coefficient (Wildman–Crippen LogP) is 3.61. The van der Waals surface area contributed by atoms with E-state index in [4.69, 9.17) is 11.6 Å². The zero-order valence-electron chi connectivity index (χ0n) is 11.0. The number of benzene rings is 2. The second kappa shape index (κ2) is 5.55. The van der Waals surface area contributed by atoms with Crippen molar-refractivity contribution >= 4 is 23.3 Å². The van der Waals surface area contributed by atoms with Crippen LogP contribution in [0.5, 0.6) is 0 Å². The second-order valence-corrected chi connectivity index (χ2v) is 5.26. The highest BCUT2D eigenvalue weighted by Gasteiger charge is 2.24. The van der Waals surface area contributed by atoms with E-state index in [0.717, 1.165) is 28.3 Å². The number of amides is 2. The van der Waals surface area contributed by atoms with Crippen LogP contribution in [-0.4, -0.2) is 12.6 Å². The lowest BCUT2D eigenvalue weighted by Crippen LogP contribution is -2.38. The topological polar surface area (TPSA) is 32.3 Å². The summed E-state index contributed by atoms with van der Waals surface area (Å²) in [5.74, 6) is 0. The lowest BCUT2D eigenvalue weighted by Gasteiger charge is -2.18. The van der Waals surface area contributed by atoms with Crippen molar-refractivity contribution in [3.8, 4) is 0 Å². The van der Waals surface area contributed by atoms with Crippen molar-refractivity contribution in [1.29, 1.82) is 0 Å². The molecule has 3 nitrogen and oxygen atoms in total. The van der Waals surface area contributed by atoms with E-state index in [9.17, 15) is 4.79 Å². The van der Waals surface area contributed by atoms with Crippen molar-refractivity contribution in [2.75, 3.05) is 11.4 Å². The molecule has 20 heavy (non-hydrogen) atoms. The molecule has 102 valence electrons. The Bertz CT molecular complexity index is 628. The summed E-state index contributed by atoms with van der Waals surface area (Å²) in [6.45, 7) is 1.25. The van der Waals surface area contributed by atoms with Gasteiger partial charge in [0.05, 0.1) is 0 Å². The first-order valence-corrected chi connectivity index (χ1v) is 6.99. The summed E-state index contributed by atoms with van der Waals surface area (Å²) < 4.78 is 0. The molecule has 1 N–H and O–H groups in total. The first-order chi connectivity index (χ1) is 9.74. The van der Waals surface area contributed by atoms with Gasteiger partial charge >= 0.3 is 6.03 Å². The Labute approximate surface area is 123 Å². The Hall–Kier alpha value is -2.00. The van der Waals surface area contributed by atoms with Gasteiger partial charge in [0.15, 0.2) is 0 Å². The van der Waals surface area contributed by atoms with Gasteiger partial charge in [-0.2, -0.15) is 0 Å². The summed E-state index contributed by atoms with van der Waals surface area (Å²) in [6, 6.07) is 15.5. The number of urea groups is 1. The SMILES string of the molecule is O=C(NCc1ccccc1)N1CCc2cc(Cl)ccc21. The third-order valence-electron chi connectivity index (χ3n) is 3.47. The third kappa shape index (κ3) is 2.63. The molecule has 2 amide bonds. The van der Waals surface area contributed by atoms with Crippen LogP contribution in [0.4, 0.5) is 10.5 Å². The molecule has 0 saturated heterocycles. The van der Waals surface area contributed by atoms with E-state index < -0.39 is 0 Å². The lowest BCUT2D eigenvalue weighted by molar-refractivity contribution is 0.246. The molecule has 0 bridgehead atoms. The van der Waals surface area contributed by atoms with Crippen LogP contribution in [-0.2, 0) is 13.0 Å². The number of carbonyl (C=O) groups excluding carboxylic acids is 1. The fraction of sp³-hybridized carbons (Fsp3) is 0.188. The van der Waals surface area contributed by atoms with Crippen molar-refractivity contribution < 1.29 is 4.79 Å². The normalized spacial score (nSPS) is 13.2. The molecule has 1 aliphatic rings. The van der Waals surface area contributed by atoms with Crippen molar-refractivity contribution in [2.45, 2.75) is 13.0 Å². The van der Waals surface area contributed by atoms with Gasteiger partial charge in [0.25, 0.3) is 0 Å². The highest BCUT2D eigenvalue weighted by Crippen LogP contribution is 2.30. The average Bonchev–Trinajstić information content (AvgIpc) is 2.89. The van der Waals surface area contributed by atoms with Gasteiger partial charge in [0.2, 0.25) is 0 Å². The predicted molar refractivity (Wildman–Crippen MR) is 81.2 cm³/mol. The van der Waals surface area contributed by atoms with Crippen LogP contribution in [0.15, 0.2) is 48.5 Å². The van der Waals surface area contributed by atoms with Gasteiger partial charge < -0.3 is 5.32 Å². The van der Waals surface area contributed by atoms with Crippen LogP contribution < -0.4 is 10.2 Å². The first-order valence-electron chi connectivity index (χ1n) is 6.62.